The first-order valence-electron chi connectivity index (χ1n) is 8.58. The quantitative estimate of drug-likeness (QED) is 0.851. The van der Waals surface area contributed by atoms with Gasteiger partial charge in [-0.15, -0.1) is 0 Å². The van der Waals surface area contributed by atoms with Gasteiger partial charge in [0.2, 0.25) is 5.69 Å². The summed E-state index contributed by atoms with van der Waals surface area (Å²) in [5, 5.41) is 22.1. The van der Waals surface area contributed by atoms with Crippen molar-refractivity contribution >= 4 is 5.91 Å². The summed E-state index contributed by atoms with van der Waals surface area (Å²) in [6.45, 7) is 0. The van der Waals surface area contributed by atoms with Gasteiger partial charge < -0.3 is 15.2 Å². The van der Waals surface area contributed by atoms with Crippen molar-refractivity contribution in [3.8, 4) is 11.9 Å². The molecule has 0 radical (unpaired) electrons. The Morgan fingerprint density at radius 3 is 2.58 bits per heavy atom. The third-order valence-corrected chi connectivity index (χ3v) is 4.43. The molecule has 1 amide bonds. The minimum absolute atomic E-state index is 0.00185. The van der Waals surface area contributed by atoms with Crippen LogP contribution in [-0.4, -0.2) is 33.1 Å². The molecule has 0 aliphatic heterocycles. The van der Waals surface area contributed by atoms with Gasteiger partial charge in [-0.05, 0) is 31.2 Å². The predicted octanol–water partition coefficient (Wildman–Crippen LogP) is 1.89. The normalized spacial score (nSPS) is 20.6. The smallest absolute Gasteiger partial charge is 0.253 e. The summed E-state index contributed by atoms with van der Waals surface area (Å²) in [7, 11) is 0. The number of carbonyl (C=O) groups excluding carboxylic acids is 1. The molecule has 0 bridgehead atoms. The lowest BCUT2D eigenvalue weighted by Gasteiger charge is -2.29. The Balaban J connectivity index is 1.49. The first-order valence-corrected chi connectivity index (χ1v) is 8.58. The number of hydrogen-bond acceptors (Lipinski definition) is 6. The van der Waals surface area contributed by atoms with Crippen molar-refractivity contribution in [2.24, 2.45) is 0 Å². The highest BCUT2D eigenvalue weighted by molar-refractivity contribution is 5.82. The van der Waals surface area contributed by atoms with Crippen LogP contribution in [-0.2, 0) is 4.79 Å². The van der Waals surface area contributed by atoms with Crippen molar-refractivity contribution in [1.82, 2.24) is 15.3 Å². The molecule has 1 aliphatic rings. The molecule has 1 aromatic heterocycles. The summed E-state index contributed by atoms with van der Waals surface area (Å²) in [5.41, 5.74) is 0.752. The molecular weight excluding hydrogens is 332 g/mol. The molecule has 1 fully saturated rings. The van der Waals surface area contributed by atoms with Crippen molar-refractivity contribution in [3.05, 3.63) is 54.0 Å². The Labute approximate surface area is 151 Å². The highest BCUT2D eigenvalue weighted by atomic mass is 16.5. The van der Waals surface area contributed by atoms with Crippen molar-refractivity contribution in [2.45, 2.75) is 43.9 Å². The number of rotatable bonds is 5. The second-order valence-corrected chi connectivity index (χ2v) is 6.24. The second-order valence-electron chi connectivity index (χ2n) is 6.24. The van der Waals surface area contributed by atoms with E-state index in [1.807, 2.05) is 12.1 Å². The maximum Gasteiger partial charge on any atom is 0.253 e. The average Bonchev–Trinajstić information content (AvgIpc) is 2.70. The van der Waals surface area contributed by atoms with Gasteiger partial charge in [0.05, 0.1) is 0 Å². The zero-order chi connectivity index (χ0) is 18.4. The van der Waals surface area contributed by atoms with Gasteiger partial charge in [-0.3, -0.25) is 4.79 Å². The lowest BCUT2D eigenvalue weighted by molar-refractivity contribution is -0.130. The molecule has 1 atom stereocenters. The molecule has 7 heteroatoms. The highest BCUT2D eigenvalue weighted by Crippen LogP contribution is 2.24. The summed E-state index contributed by atoms with van der Waals surface area (Å²) in [6, 6.07) is 10.8. The van der Waals surface area contributed by atoms with Crippen LogP contribution in [0.15, 0.2) is 42.7 Å². The molecule has 1 unspecified atom stereocenters. The van der Waals surface area contributed by atoms with Gasteiger partial charge in [0.1, 0.15) is 12.2 Å². The standard InChI is InChI=1S/C19H20N4O3/c20-12-16-19(22-11-10-21-16)26-15-8-6-14(7-9-15)23-18(25)17(24)13-4-2-1-3-5-13/h1-5,10-11,14-15,17,24H,6-9H2,(H,23,25). The number of amides is 1. The first kappa shape index (κ1) is 17.8. The molecular formula is C19H20N4O3. The number of aromatic nitrogens is 2. The third-order valence-electron chi connectivity index (χ3n) is 4.43. The van der Waals surface area contributed by atoms with Crippen LogP contribution in [0.4, 0.5) is 0 Å². The number of carbonyl (C=O) groups is 1. The Bertz CT molecular complexity index is 783. The number of ether oxygens (including phenoxy) is 1. The fraction of sp³-hybridized carbons (Fsp3) is 0.368. The summed E-state index contributed by atoms with van der Waals surface area (Å²) in [4.78, 5) is 20.2. The van der Waals surface area contributed by atoms with Crippen molar-refractivity contribution < 1.29 is 14.6 Å². The van der Waals surface area contributed by atoms with Crippen molar-refractivity contribution in [1.29, 1.82) is 5.26 Å². The zero-order valence-electron chi connectivity index (χ0n) is 14.2. The molecule has 26 heavy (non-hydrogen) atoms. The van der Waals surface area contributed by atoms with E-state index in [-0.39, 0.29) is 29.6 Å². The van der Waals surface area contributed by atoms with Crippen LogP contribution < -0.4 is 10.1 Å². The summed E-state index contributed by atoms with van der Waals surface area (Å²) >= 11 is 0. The minimum Gasteiger partial charge on any atom is -0.472 e. The molecule has 2 aromatic rings. The SMILES string of the molecule is N#Cc1nccnc1OC1CCC(NC(=O)C(O)c2ccccc2)CC1. The van der Waals surface area contributed by atoms with E-state index < -0.39 is 6.10 Å². The van der Waals surface area contributed by atoms with Gasteiger partial charge in [-0.1, -0.05) is 30.3 Å². The number of nitrogens with zero attached hydrogens (tertiary/aromatic N) is 3. The molecule has 2 N–H and O–H groups in total. The highest BCUT2D eigenvalue weighted by Gasteiger charge is 2.27. The van der Waals surface area contributed by atoms with E-state index in [1.165, 1.54) is 12.4 Å². The van der Waals surface area contributed by atoms with Gasteiger partial charge in [0.15, 0.2) is 6.10 Å². The van der Waals surface area contributed by atoms with E-state index in [4.69, 9.17) is 10.00 Å². The van der Waals surface area contributed by atoms with Crippen LogP contribution in [0.25, 0.3) is 0 Å². The Hall–Kier alpha value is -2.98. The van der Waals surface area contributed by atoms with Crippen LogP contribution in [0, 0.1) is 11.3 Å². The number of hydrogen-bond donors (Lipinski definition) is 2. The molecule has 1 aromatic carbocycles. The van der Waals surface area contributed by atoms with Gasteiger partial charge in [-0.25, -0.2) is 9.97 Å². The summed E-state index contributed by atoms with van der Waals surface area (Å²) < 4.78 is 5.79. The molecule has 0 saturated heterocycles. The third kappa shape index (κ3) is 4.35. The summed E-state index contributed by atoms with van der Waals surface area (Å²) in [6.07, 6.45) is 4.65. The Kier molecular flexibility index (Phi) is 5.77. The second kappa shape index (κ2) is 8.41. The maximum atomic E-state index is 12.2. The molecule has 7 nitrogen and oxygen atoms in total. The number of nitrogens with one attached hydrogen (secondary N) is 1. The lowest BCUT2D eigenvalue weighted by atomic mass is 9.92. The Morgan fingerprint density at radius 1 is 1.19 bits per heavy atom. The maximum absolute atomic E-state index is 12.2. The first-order chi connectivity index (χ1) is 12.7. The number of aliphatic hydroxyl groups excluding tert-OH is 1. The van der Waals surface area contributed by atoms with Crippen molar-refractivity contribution in [2.75, 3.05) is 0 Å². The van der Waals surface area contributed by atoms with Gasteiger partial charge in [-0.2, -0.15) is 5.26 Å². The van der Waals surface area contributed by atoms with E-state index in [0.717, 1.165) is 25.7 Å². The zero-order valence-corrected chi connectivity index (χ0v) is 14.2. The van der Waals surface area contributed by atoms with Gasteiger partial charge in [0, 0.05) is 18.4 Å². The van der Waals surface area contributed by atoms with E-state index in [9.17, 15) is 9.90 Å². The summed E-state index contributed by atoms with van der Waals surface area (Å²) in [5.74, 6) is -0.136. The van der Waals surface area contributed by atoms with Crippen LogP contribution >= 0.6 is 0 Å². The minimum atomic E-state index is -1.16. The van der Waals surface area contributed by atoms with E-state index in [0.29, 0.717) is 5.56 Å². The molecule has 1 saturated carbocycles. The van der Waals surface area contributed by atoms with Crippen molar-refractivity contribution in [3.63, 3.8) is 0 Å². The van der Waals surface area contributed by atoms with E-state index >= 15 is 0 Å². The van der Waals surface area contributed by atoms with Gasteiger partial charge >= 0.3 is 0 Å². The molecule has 1 aliphatic carbocycles. The molecule has 134 valence electrons. The fourth-order valence-electron chi connectivity index (χ4n) is 3.04. The average molecular weight is 352 g/mol. The molecule has 0 spiro atoms. The Morgan fingerprint density at radius 2 is 1.88 bits per heavy atom. The fourth-order valence-corrected chi connectivity index (χ4v) is 3.04. The van der Waals surface area contributed by atoms with E-state index in [1.54, 1.807) is 24.3 Å². The monoisotopic (exact) mass is 352 g/mol. The lowest BCUT2D eigenvalue weighted by Crippen LogP contribution is -2.41. The van der Waals surface area contributed by atoms with Crippen LogP contribution in [0.1, 0.15) is 43.0 Å². The number of benzene rings is 1. The number of aliphatic hydroxyl groups is 1. The van der Waals surface area contributed by atoms with Crippen LogP contribution in [0.2, 0.25) is 0 Å². The van der Waals surface area contributed by atoms with E-state index in [2.05, 4.69) is 15.3 Å². The van der Waals surface area contributed by atoms with Gasteiger partial charge in [0.25, 0.3) is 11.8 Å². The molecule has 1 heterocycles. The van der Waals surface area contributed by atoms with Crippen LogP contribution in [0.5, 0.6) is 5.88 Å². The topological polar surface area (TPSA) is 108 Å². The number of nitriles is 1. The molecule has 3 rings (SSSR count). The largest absolute Gasteiger partial charge is 0.472 e. The van der Waals surface area contributed by atoms with Crippen LogP contribution in [0.3, 0.4) is 0 Å². The predicted molar refractivity (Wildman–Crippen MR) is 93.0 cm³/mol.